The molecule has 0 aliphatic carbocycles. The highest BCUT2D eigenvalue weighted by Crippen LogP contribution is 2.05. The van der Waals surface area contributed by atoms with Crippen LogP contribution in [0, 0.1) is 5.92 Å². The molecule has 0 spiro atoms. The van der Waals surface area contributed by atoms with Crippen LogP contribution in [0.2, 0.25) is 0 Å². The zero-order valence-electron chi connectivity index (χ0n) is 8.85. The van der Waals surface area contributed by atoms with Crippen molar-refractivity contribution in [1.82, 2.24) is 20.6 Å². The van der Waals surface area contributed by atoms with Crippen molar-refractivity contribution < 1.29 is 4.79 Å². The summed E-state index contributed by atoms with van der Waals surface area (Å²) >= 11 is 0. The van der Waals surface area contributed by atoms with Crippen molar-refractivity contribution in [3.63, 3.8) is 0 Å². The fraction of sp³-hybridized carbons (Fsp3) is 0.500. The fourth-order valence-electron chi connectivity index (χ4n) is 1.63. The van der Waals surface area contributed by atoms with E-state index in [0.717, 1.165) is 19.5 Å². The average molecular weight is 243 g/mol. The van der Waals surface area contributed by atoms with Gasteiger partial charge in [0.05, 0.1) is 6.20 Å². The standard InChI is InChI=1S/C10H14N4O.ClH/c15-10(9-7-12-3-4-13-9)14-6-8-1-2-11-5-8;/h3-4,7-8,11H,1-2,5-6H2,(H,14,15);1H. The molecular formula is C10H15ClN4O. The number of nitrogens with zero attached hydrogens (tertiary/aromatic N) is 2. The quantitative estimate of drug-likeness (QED) is 0.797. The lowest BCUT2D eigenvalue weighted by Gasteiger charge is -2.09. The minimum Gasteiger partial charge on any atom is -0.350 e. The number of hydrogen-bond donors (Lipinski definition) is 2. The van der Waals surface area contributed by atoms with E-state index in [4.69, 9.17) is 0 Å². The van der Waals surface area contributed by atoms with E-state index in [2.05, 4.69) is 20.6 Å². The van der Waals surface area contributed by atoms with Gasteiger partial charge in [-0.15, -0.1) is 12.4 Å². The summed E-state index contributed by atoms with van der Waals surface area (Å²) in [6.45, 7) is 2.74. The number of carbonyl (C=O) groups is 1. The zero-order valence-corrected chi connectivity index (χ0v) is 9.67. The molecule has 88 valence electrons. The van der Waals surface area contributed by atoms with Gasteiger partial charge in [-0.3, -0.25) is 9.78 Å². The maximum atomic E-state index is 11.6. The molecule has 1 atom stereocenters. The molecule has 0 radical (unpaired) electrons. The molecule has 1 aliphatic heterocycles. The van der Waals surface area contributed by atoms with Gasteiger partial charge in [-0.25, -0.2) is 4.98 Å². The Morgan fingerprint density at radius 3 is 3.06 bits per heavy atom. The summed E-state index contributed by atoms with van der Waals surface area (Å²) in [6.07, 6.45) is 5.67. The Morgan fingerprint density at radius 1 is 1.56 bits per heavy atom. The minimum atomic E-state index is -0.144. The van der Waals surface area contributed by atoms with Crippen molar-refractivity contribution in [2.45, 2.75) is 6.42 Å². The summed E-state index contributed by atoms with van der Waals surface area (Å²) in [6, 6.07) is 0. The van der Waals surface area contributed by atoms with Gasteiger partial charge in [-0.2, -0.15) is 0 Å². The van der Waals surface area contributed by atoms with E-state index in [9.17, 15) is 4.79 Å². The summed E-state index contributed by atoms with van der Waals surface area (Å²) < 4.78 is 0. The largest absolute Gasteiger partial charge is 0.350 e. The van der Waals surface area contributed by atoms with Gasteiger partial charge in [0, 0.05) is 18.9 Å². The number of nitrogens with one attached hydrogen (secondary N) is 2. The lowest BCUT2D eigenvalue weighted by atomic mass is 10.1. The highest BCUT2D eigenvalue weighted by molar-refractivity contribution is 5.91. The van der Waals surface area contributed by atoms with Crippen molar-refractivity contribution in [2.75, 3.05) is 19.6 Å². The molecule has 2 heterocycles. The summed E-state index contributed by atoms with van der Waals surface area (Å²) in [4.78, 5) is 19.4. The molecule has 0 saturated carbocycles. The van der Waals surface area contributed by atoms with Gasteiger partial charge in [-0.1, -0.05) is 0 Å². The number of carbonyl (C=O) groups excluding carboxylic acids is 1. The highest BCUT2D eigenvalue weighted by Gasteiger charge is 2.15. The van der Waals surface area contributed by atoms with E-state index in [1.807, 2.05) is 0 Å². The summed E-state index contributed by atoms with van der Waals surface area (Å²) in [7, 11) is 0. The number of aromatic nitrogens is 2. The Morgan fingerprint density at radius 2 is 2.44 bits per heavy atom. The van der Waals surface area contributed by atoms with Gasteiger partial charge in [0.1, 0.15) is 5.69 Å². The normalized spacial score (nSPS) is 18.9. The van der Waals surface area contributed by atoms with E-state index < -0.39 is 0 Å². The van der Waals surface area contributed by atoms with Crippen LogP contribution in [0.3, 0.4) is 0 Å². The smallest absolute Gasteiger partial charge is 0.271 e. The molecule has 1 aliphatic rings. The molecule has 1 aromatic heterocycles. The second-order valence-electron chi connectivity index (χ2n) is 3.66. The van der Waals surface area contributed by atoms with Crippen molar-refractivity contribution >= 4 is 18.3 Å². The van der Waals surface area contributed by atoms with Crippen LogP contribution >= 0.6 is 12.4 Å². The molecule has 1 fully saturated rings. The van der Waals surface area contributed by atoms with E-state index in [0.29, 0.717) is 18.2 Å². The molecule has 6 heteroatoms. The molecular weight excluding hydrogens is 228 g/mol. The van der Waals surface area contributed by atoms with Gasteiger partial charge in [0.25, 0.3) is 5.91 Å². The first kappa shape index (κ1) is 12.9. The lowest BCUT2D eigenvalue weighted by molar-refractivity contribution is 0.0943. The Bertz CT molecular complexity index is 327. The maximum Gasteiger partial charge on any atom is 0.271 e. The molecule has 1 unspecified atom stereocenters. The Labute approximate surface area is 100 Å². The topological polar surface area (TPSA) is 66.9 Å². The number of amides is 1. The summed E-state index contributed by atoms with van der Waals surface area (Å²) in [5.41, 5.74) is 0.378. The first-order chi connectivity index (χ1) is 7.36. The Balaban J connectivity index is 0.00000128. The van der Waals surface area contributed by atoms with Crippen LogP contribution in [-0.2, 0) is 0 Å². The fourth-order valence-corrected chi connectivity index (χ4v) is 1.63. The first-order valence-electron chi connectivity index (χ1n) is 5.11. The molecule has 5 nitrogen and oxygen atoms in total. The third-order valence-electron chi connectivity index (χ3n) is 2.51. The van der Waals surface area contributed by atoms with Gasteiger partial charge < -0.3 is 10.6 Å². The molecule has 0 aromatic carbocycles. The predicted octanol–water partition coefficient (Wildman–Crippen LogP) is 0.238. The Kier molecular flexibility index (Phi) is 5.14. The second-order valence-corrected chi connectivity index (χ2v) is 3.66. The Hall–Kier alpha value is -1.20. The SMILES string of the molecule is Cl.O=C(NCC1CCNC1)c1cnccn1. The van der Waals surface area contributed by atoms with Gasteiger partial charge in [-0.05, 0) is 25.4 Å². The van der Waals surface area contributed by atoms with Crippen LogP contribution < -0.4 is 10.6 Å². The van der Waals surface area contributed by atoms with Crippen LogP contribution in [0.5, 0.6) is 0 Å². The second kappa shape index (κ2) is 6.40. The van der Waals surface area contributed by atoms with Gasteiger partial charge in [0.15, 0.2) is 0 Å². The number of hydrogen-bond acceptors (Lipinski definition) is 4. The van der Waals surface area contributed by atoms with E-state index in [-0.39, 0.29) is 18.3 Å². The molecule has 1 saturated heterocycles. The first-order valence-corrected chi connectivity index (χ1v) is 5.11. The third kappa shape index (κ3) is 3.43. The zero-order chi connectivity index (χ0) is 10.5. The van der Waals surface area contributed by atoms with Crippen LogP contribution in [0.25, 0.3) is 0 Å². The maximum absolute atomic E-state index is 11.6. The van der Waals surface area contributed by atoms with Gasteiger partial charge in [0.2, 0.25) is 0 Å². The minimum absolute atomic E-state index is 0. The van der Waals surface area contributed by atoms with Crippen LogP contribution in [0.4, 0.5) is 0 Å². The van der Waals surface area contributed by atoms with Crippen LogP contribution in [-0.4, -0.2) is 35.5 Å². The highest BCUT2D eigenvalue weighted by atomic mass is 35.5. The summed E-state index contributed by atoms with van der Waals surface area (Å²) in [5, 5.41) is 6.12. The molecule has 16 heavy (non-hydrogen) atoms. The van der Waals surface area contributed by atoms with Crippen LogP contribution in [0.1, 0.15) is 16.9 Å². The van der Waals surface area contributed by atoms with E-state index in [1.165, 1.54) is 12.4 Å². The van der Waals surface area contributed by atoms with E-state index in [1.54, 1.807) is 6.20 Å². The van der Waals surface area contributed by atoms with E-state index >= 15 is 0 Å². The monoisotopic (exact) mass is 242 g/mol. The average Bonchev–Trinajstić information content (AvgIpc) is 2.80. The number of halogens is 1. The molecule has 1 amide bonds. The van der Waals surface area contributed by atoms with Crippen molar-refractivity contribution in [3.05, 3.63) is 24.3 Å². The lowest BCUT2D eigenvalue weighted by Crippen LogP contribution is -2.30. The number of rotatable bonds is 3. The molecule has 0 bridgehead atoms. The molecule has 2 rings (SSSR count). The van der Waals surface area contributed by atoms with Crippen LogP contribution in [0.15, 0.2) is 18.6 Å². The van der Waals surface area contributed by atoms with Crippen molar-refractivity contribution in [1.29, 1.82) is 0 Å². The van der Waals surface area contributed by atoms with Crippen molar-refractivity contribution in [3.8, 4) is 0 Å². The molecule has 1 aromatic rings. The van der Waals surface area contributed by atoms with Gasteiger partial charge >= 0.3 is 0 Å². The molecule has 2 N–H and O–H groups in total. The summed E-state index contributed by atoms with van der Waals surface area (Å²) in [5.74, 6) is 0.403. The third-order valence-corrected chi connectivity index (χ3v) is 2.51. The van der Waals surface area contributed by atoms with Crippen molar-refractivity contribution in [2.24, 2.45) is 5.92 Å². The predicted molar refractivity (Wildman–Crippen MR) is 62.6 cm³/mol.